The maximum absolute atomic E-state index is 14.9. The van der Waals surface area contributed by atoms with Gasteiger partial charge in [0.1, 0.15) is 5.82 Å². The first-order valence-electron chi connectivity index (χ1n) is 11.4. The van der Waals surface area contributed by atoms with E-state index in [4.69, 9.17) is 14.2 Å². The second-order valence-corrected chi connectivity index (χ2v) is 8.16. The third-order valence-corrected chi connectivity index (χ3v) is 5.75. The van der Waals surface area contributed by atoms with Crippen LogP contribution < -0.4 is 4.74 Å². The molecule has 0 N–H and O–H groups in total. The quantitative estimate of drug-likeness (QED) is 0.342. The number of halogens is 3. The van der Waals surface area contributed by atoms with Crippen LogP contribution in [0.1, 0.15) is 31.7 Å². The fourth-order valence-corrected chi connectivity index (χ4v) is 3.92. The summed E-state index contributed by atoms with van der Waals surface area (Å²) in [4.78, 5) is 0. The van der Waals surface area contributed by atoms with Crippen molar-refractivity contribution in [3.63, 3.8) is 0 Å². The summed E-state index contributed by atoms with van der Waals surface area (Å²) in [7, 11) is 0. The minimum Gasteiger partial charge on any atom is -0.490 e. The Balaban J connectivity index is 1.50. The predicted molar refractivity (Wildman–Crippen MR) is 126 cm³/mol. The molecule has 0 spiro atoms. The Bertz CT molecular complexity index is 1150. The lowest BCUT2D eigenvalue weighted by Gasteiger charge is -2.28. The molecule has 34 heavy (non-hydrogen) atoms. The minimum atomic E-state index is -1.000. The van der Waals surface area contributed by atoms with Crippen molar-refractivity contribution in [3.05, 3.63) is 89.8 Å². The van der Waals surface area contributed by atoms with E-state index in [1.54, 1.807) is 30.3 Å². The molecule has 3 aromatic rings. The lowest BCUT2D eigenvalue weighted by molar-refractivity contribution is -0.159. The van der Waals surface area contributed by atoms with Crippen molar-refractivity contribution in [1.29, 1.82) is 0 Å². The van der Waals surface area contributed by atoms with E-state index >= 15 is 0 Å². The molecule has 0 aromatic heterocycles. The van der Waals surface area contributed by atoms with Gasteiger partial charge in [0.05, 0.1) is 19.8 Å². The summed E-state index contributed by atoms with van der Waals surface area (Å²) < 4.78 is 60.3. The van der Waals surface area contributed by atoms with E-state index in [2.05, 4.69) is 0 Å². The van der Waals surface area contributed by atoms with Crippen molar-refractivity contribution in [2.24, 2.45) is 0 Å². The van der Waals surface area contributed by atoms with Crippen molar-refractivity contribution in [1.82, 2.24) is 0 Å². The largest absolute Gasteiger partial charge is 0.490 e. The average molecular weight is 469 g/mol. The molecule has 0 unspecified atom stereocenters. The van der Waals surface area contributed by atoms with Crippen molar-refractivity contribution in [2.75, 3.05) is 19.8 Å². The van der Waals surface area contributed by atoms with Crippen LogP contribution in [0.4, 0.5) is 13.2 Å². The highest BCUT2D eigenvalue weighted by atomic mass is 19.2. The monoisotopic (exact) mass is 468 g/mol. The average Bonchev–Trinajstić information content (AvgIpc) is 2.86. The van der Waals surface area contributed by atoms with Gasteiger partial charge in [-0.15, -0.1) is 0 Å². The number of allylic oxidation sites excluding steroid dienone is 1. The molecule has 0 radical (unpaired) electrons. The Labute approximate surface area is 197 Å². The summed E-state index contributed by atoms with van der Waals surface area (Å²) in [6.45, 7) is 4.85. The van der Waals surface area contributed by atoms with Crippen LogP contribution in [0.3, 0.4) is 0 Å². The zero-order chi connectivity index (χ0) is 24.1. The van der Waals surface area contributed by atoms with Crippen LogP contribution in [0.25, 0.3) is 22.3 Å². The Morgan fingerprint density at radius 3 is 2.21 bits per heavy atom. The van der Waals surface area contributed by atoms with Crippen molar-refractivity contribution in [3.8, 4) is 28.0 Å². The summed E-state index contributed by atoms with van der Waals surface area (Å²) in [5, 5.41) is 0. The zero-order valence-electron chi connectivity index (χ0n) is 19.2. The molecular formula is C28H27F3O3. The van der Waals surface area contributed by atoms with Gasteiger partial charge in [0.25, 0.3) is 0 Å². The van der Waals surface area contributed by atoms with E-state index in [1.807, 2.05) is 32.1 Å². The van der Waals surface area contributed by atoms with Crippen LogP contribution in [-0.4, -0.2) is 26.1 Å². The van der Waals surface area contributed by atoms with Gasteiger partial charge in [0.2, 0.25) is 5.82 Å². The minimum absolute atomic E-state index is 0.0959. The Hall–Kier alpha value is -3.09. The molecular weight excluding hydrogens is 441 g/mol. The first-order valence-corrected chi connectivity index (χ1v) is 11.4. The second kappa shape index (κ2) is 10.9. The molecule has 3 nitrogen and oxygen atoms in total. The van der Waals surface area contributed by atoms with Gasteiger partial charge >= 0.3 is 0 Å². The maximum Gasteiger partial charge on any atom is 0.201 e. The third kappa shape index (κ3) is 5.18. The van der Waals surface area contributed by atoms with E-state index in [-0.39, 0.29) is 29.3 Å². The zero-order valence-corrected chi connectivity index (χ0v) is 19.2. The van der Waals surface area contributed by atoms with Crippen LogP contribution >= 0.6 is 0 Å². The molecule has 1 aliphatic rings. The Kier molecular flexibility index (Phi) is 7.70. The summed E-state index contributed by atoms with van der Waals surface area (Å²) in [5.41, 5.74) is 2.66. The summed E-state index contributed by atoms with van der Waals surface area (Å²) in [6, 6.07) is 14.9. The first kappa shape index (κ1) is 24.0. The number of hydrogen-bond acceptors (Lipinski definition) is 3. The van der Waals surface area contributed by atoms with Crippen molar-refractivity contribution in [2.45, 2.75) is 32.5 Å². The highest BCUT2D eigenvalue weighted by molar-refractivity contribution is 5.71. The predicted octanol–water partition coefficient (Wildman–Crippen LogP) is 7.26. The van der Waals surface area contributed by atoms with Crippen LogP contribution in [0.5, 0.6) is 5.75 Å². The van der Waals surface area contributed by atoms with E-state index in [0.29, 0.717) is 42.9 Å². The van der Waals surface area contributed by atoms with Gasteiger partial charge in [0, 0.05) is 11.5 Å². The molecule has 6 heteroatoms. The Morgan fingerprint density at radius 2 is 1.56 bits per heavy atom. The number of ether oxygens (including phenoxy) is 3. The van der Waals surface area contributed by atoms with Gasteiger partial charge in [0.15, 0.2) is 17.9 Å². The number of hydrogen-bond donors (Lipinski definition) is 0. The number of benzene rings is 3. The molecule has 0 saturated carbocycles. The SMILES string of the molecule is C/C=C/C1OCC(c2ccc(-c3ccc(-c4ccc(OCCC)c(F)c4F)cc3)cc2F)CO1. The van der Waals surface area contributed by atoms with Gasteiger partial charge < -0.3 is 14.2 Å². The molecule has 1 fully saturated rings. The van der Waals surface area contributed by atoms with E-state index in [9.17, 15) is 13.2 Å². The molecule has 1 saturated heterocycles. The van der Waals surface area contributed by atoms with Crippen LogP contribution in [0.15, 0.2) is 66.7 Å². The first-order chi connectivity index (χ1) is 16.5. The van der Waals surface area contributed by atoms with Crippen molar-refractivity contribution < 1.29 is 27.4 Å². The smallest absolute Gasteiger partial charge is 0.201 e. The second-order valence-electron chi connectivity index (χ2n) is 8.16. The third-order valence-electron chi connectivity index (χ3n) is 5.75. The lowest BCUT2D eigenvalue weighted by Crippen LogP contribution is -2.29. The molecule has 178 valence electrons. The van der Waals surface area contributed by atoms with E-state index in [0.717, 1.165) is 5.56 Å². The van der Waals surface area contributed by atoms with Gasteiger partial charge in [-0.1, -0.05) is 49.4 Å². The fourth-order valence-electron chi connectivity index (χ4n) is 3.92. The fraction of sp³-hybridized carbons (Fsp3) is 0.286. The topological polar surface area (TPSA) is 27.7 Å². The van der Waals surface area contributed by atoms with Crippen molar-refractivity contribution >= 4 is 0 Å². The molecule has 0 bridgehead atoms. The standard InChI is InChI=1S/C28H27F3O3/c1-3-5-26-33-16-21(17-34-26)22-11-10-20(15-24(22)29)18-6-8-19(9-7-18)23-12-13-25(32-14-4-2)28(31)27(23)30/h3,5-13,15,21,26H,4,14,16-17H2,1-2H3/b5-3+. The highest BCUT2D eigenvalue weighted by Crippen LogP contribution is 2.33. The van der Waals surface area contributed by atoms with Crippen LogP contribution in [-0.2, 0) is 9.47 Å². The molecule has 1 aliphatic heterocycles. The van der Waals surface area contributed by atoms with E-state index in [1.165, 1.54) is 18.2 Å². The molecule has 0 aliphatic carbocycles. The van der Waals surface area contributed by atoms with Gasteiger partial charge in [-0.2, -0.15) is 4.39 Å². The van der Waals surface area contributed by atoms with Gasteiger partial charge in [-0.05, 0) is 59.9 Å². The summed E-state index contributed by atoms with van der Waals surface area (Å²) in [5.74, 6) is -2.56. The van der Waals surface area contributed by atoms with Gasteiger partial charge in [-0.3, -0.25) is 0 Å². The van der Waals surface area contributed by atoms with E-state index < -0.39 is 11.6 Å². The molecule has 0 amide bonds. The molecule has 0 atom stereocenters. The molecule has 1 heterocycles. The normalized spacial score (nSPS) is 18.4. The lowest BCUT2D eigenvalue weighted by atomic mass is 9.95. The van der Waals surface area contributed by atoms with Crippen LogP contribution in [0.2, 0.25) is 0 Å². The summed E-state index contributed by atoms with van der Waals surface area (Å²) in [6.07, 6.45) is 3.98. The molecule has 3 aromatic carbocycles. The number of rotatable bonds is 7. The highest BCUT2D eigenvalue weighted by Gasteiger charge is 2.24. The van der Waals surface area contributed by atoms with Crippen LogP contribution in [0, 0.1) is 17.5 Å². The molecule has 4 rings (SSSR count). The maximum atomic E-state index is 14.9. The summed E-state index contributed by atoms with van der Waals surface area (Å²) >= 11 is 0. The van der Waals surface area contributed by atoms with Gasteiger partial charge in [-0.25, -0.2) is 8.78 Å². The Morgan fingerprint density at radius 1 is 0.882 bits per heavy atom.